The summed E-state index contributed by atoms with van der Waals surface area (Å²) in [5.41, 5.74) is -3.54. The monoisotopic (exact) mass is 542 g/mol. The van der Waals surface area contributed by atoms with Crippen molar-refractivity contribution in [2.24, 2.45) is 5.92 Å². The molecule has 4 nitrogen and oxygen atoms in total. The second kappa shape index (κ2) is 10.4. The summed E-state index contributed by atoms with van der Waals surface area (Å²) in [5.74, 6) is -2.23. The number of nitrogens with one attached hydrogen (secondary N) is 1. The first kappa shape index (κ1) is 28.6. The van der Waals surface area contributed by atoms with Crippen molar-refractivity contribution in [1.82, 2.24) is 5.32 Å². The molecule has 0 aromatic heterocycles. The quantitative estimate of drug-likeness (QED) is 0.398. The summed E-state index contributed by atoms with van der Waals surface area (Å²) in [6.07, 6.45) is -16.2. The highest BCUT2D eigenvalue weighted by molar-refractivity contribution is 5.90. The highest BCUT2D eigenvalue weighted by Crippen LogP contribution is 2.49. The van der Waals surface area contributed by atoms with Crippen LogP contribution in [-0.4, -0.2) is 24.9 Å². The summed E-state index contributed by atoms with van der Waals surface area (Å²) in [6.45, 7) is 2.10. The highest BCUT2D eigenvalue weighted by atomic mass is 19.4. The van der Waals surface area contributed by atoms with Crippen LogP contribution < -0.4 is 10.2 Å². The molecule has 1 amide bonds. The number of halogens is 9. The van der Waals surface area contributed by atoms with Crippen molar-refractivity contribution in [2.45, 2.75) is 57.4 Å². The molecular weight excluding hydrogens is 519 g/mol. The maximum absolute atomic E-state index is 14.4. The Kier molecular flexibility index (Phi) is 8.06. The van der Waals surface area contributed by atoms with Gasteiger partial charge in [-0.25, -0.2) is 4.79 Å². The molecular formula is C24H23F9N2O2. The topological polar surface area (TPSA) is 41.6 Å². The van der Waals surface area contributed by atoms with Crippen molar-refractivity contribution >= 4 is 11.8 Å². The van der Waals surface area contributed by atoms with E-state index in [1.54, 1.807) is 0 Å². The lowest BCUT2D eigenvalue weighted by molar-refractivity contribution is -0.190. The molecule has 3 atom stereocenters. The lowest BCUT2D eigenvalue weighted by atomic mass is 9.79. The average Bonchev–Trinajstić information content (AvgIpc) is 2.79. The fraction of sp³-hybridized carbons (Fsp3) is 0.458. The molecule has 0 saturated carbocycles. The van der Waals surface area contributed by atoms with Crippen molar-refractivity contribution in [3.8, 4) is 0 Å². The molecule has 0 aliphatic carbocycles. The molecule has 204 valence electrons. The Morgan fingerprint density at radius 2 is 1.49 bits per heavy atom. The maximum atomic E-state index is 14.4. The predicted molar refractivity (Wildman–Crippen MR) is 116 cm³/mol. The van der Waals surface area contributed by atoms with E-state index >= 15 is 0 Å². The molecule has 1 N–H and O–H groups in total. The van der Waals surface area contributed by atoms with Crippen molar-refractivity contribution < 1.29 is 49.0 Å². The third kappa shape index (κ3) is 6.13. The van der Waals surface area contributed by atoms with Gasteiger partial charge in [0.25, 0.3) is 0 Å². The van der Waals surface area contributed by atoms with Gasteiger partial charge in [-0.15, -0.1) is 0 Å². The molecule has 2 aromatic rings. The van der Waals surface area contributed by atoms with E-state index in [1.165, 1.54) is 38.1 Å². The van der Waals surface area contributed by atoms with Crippen molar-refractivity contribution in [3.63, 3.8) is 0 Å². The summed E-state index contributed by atoms with van der Waals surface area (Å²) >= 11 is 0. The summed E-state index contributed by atoms with van der Waals surface area (Å²) in [7, 11) is 0. The Bertz CT molecular complexity index is 1080. The van der Waals surface area contributed by atoms with Gasteiger partial charge in [-0.3, -0.25) is 4.90 Å². The largest absolute Gasteiger partial charge is 0.449 e. The van der Waals surface area contributed by atoms with E-state index in [2.05, 4.69) is 5.32 Å². The number of para-hydroxylation sites is 1. The number of alkyl halides is 9. The van der Waals surface area contributed by atoms with Gasteiger partial charge < -0.3 is 10.1 Å². The molecule has 1 heterocycles. The molecule has 0 saturated heterocycles. The molecule has 37 heavy (non-hydrogen) atoms. The first-order valence-corrected chi connectivity index (χ1v) is 11.2. The number of ether oxygens (including phenoxy) is 1. The lowest BCUT2D eigenvalue weighted by Gasteiger charge is -2.46. The smallest absolute Gasteiger partial charge is 0.416 e. The Hall–Kier alpha value is -2.96. The number of amides is 1. The Labute approximate surface area is 206 Å². The molecule has 0 fully saturated rings. The van der Waals surface area contributed by atoms with Gasteiger partial charge in [0.05, 0.1) is 35.4 Å². The number of carbonyl (C=O) groups excluding carboxylic acids is 1. The minimum Gasteiger partial charge on any atom is -0.449 e. The molecule has 0 spiro atoms. The zero-order chi connectivity index (χ0) is 27.8. The Balaban J connectivity index is 2.09. The number of hydrogen-bond donors (Lipinski definition) is 1. The minimum absolute atomic E-state index is 0.00518. The van der Waals surface area contributed by atoms with Crippen molar-refractivity contribution in [3.05, 3.63) is 64.7 Å². The fourth-order valence-electron chi connectivity index (χ4n) is 4.58. The molecule has 13 heteroatoms. The number of carbonyl (C=O) groups is 1. The Morgan fingerprint density at radius 1 is 0.919 bits per heavy atom. The van der Waals surface area contributed by atoms with Crippen LogP contribution in [-0.2, 0) is 23.6 Å². The third-order valence-electron chi connectivity index (χ3n) is 6.07. The van der Waals surface area contributed by atoms with Crippen LogP contribution in [0.4, 0.5) is 50.0 Å². The van der Waals surface area contributed by atoms with Crippen LogP contribution in [0.1, 0.15) is 48.6 Å². The molecule has 0 bridgehead atoms. The van der Waals surface area contributed by atoms with E-state index in [0.29, 0.717) is 12.1 Å². The second-order valence-electron chi connectivity index (χ2n) is 8.44. The number of benzene rings is 2. The van der Waals surface area contributed by atoms with Gasteiger partial charge in [0.2, 0.25) is 0 Å². The normalized spacial score (nSPS) is 20.5. The second-order valence-corrected chi connectivity index (χ2v) is 8.44. The first-order valence-electron chi connectivity index (χ1n) is 11.2. The van der Waals surface area contributed by atoms with Crippen LogP contribution in [0.5, 0.6) is 0 Å². The molecule has 3 rings (SSSR count). The van der Waals surface area contributed by atoms with E-state index in [4.69, 9.17) is 4.74 Å². The summed E-state index contributed by atoms with van der Waals surface area (Å²) in [5, 5.41) is 2.53. The van der Waals surface area contributed by atoms with Gasteiger partial charge in [-0.2, -0.15) is 39.5 Å². The van der Waals surface area contributed by atoms with Gasteiger partial charge in [-0.1, -0.05) is 25.1 Å². The predicted octanol–water partition coefficient (Wildman–Crippen LogP) is 7.49. The van der Waals surface area contributed by atoms with E-state index in [0.717, 1.165) is 4.90 Å². The standard InChI is InChI=1S/C24H23F9N2O2/c1-3-17-19(24(31,32)33)20(16-7-5-6-8-18(16)35(17)21(36)37-4-2)34-12-13-9-14(22(25,26)27)11-15(10-13)23(28,29)30/h5-11,17,19-20,34H,3-4,12H2,1-2H3/t17-,19+,20?/m1/s1. The van der Waals surface area contributed by atoms with Crippen molar-refractivity contribution in [1.29, 1.82) is 0 Å². The number of rotatable bonds is 5. The molecule has 1 aliphatic rings. The molecule has 1 aliphatic heterocycles. The molecule has 0 radical (unpaired) electrons. The average molecular weight is 542 g/mol. The van der Waals surface area contributed by atoms with Gasteiger partial charge in [0, 0.05) is 12.6 Å². The third-order valence-corrected chi connectivity index (χ3v) is 6.07. The van der Waals surface area contributed by atoms with Crippen LogP contribution in [0, 0.1) is 5.92 Å². The van der Waals surface area contributed by atoms with Crippen LogP contribution in [0.2, 0.25) is 0 Å². The van der Waals surface area contributed by atoms with E-state index in [9.17, 15) is 44.3 Å². The van der Waals surface area contributed by atoms with Crippen LogP contribution >= 0.6 is 0 Å². The molecule has 2 aromatic carbocycles. The zero-order valence-corrected chi connectivity index (χ0v) is 19.6. The number of hydrogen-bond acceptors (Lipinski definition) is 3. The fourth-order valence-corrected chi connectivity index (χ4v) is 4.58. The SMILES string of the molecule is CCOC(=O)N1c2ccccc2C(NCc2cc(C(F)(F)F)cc(C(F)(F)F)c2)[C@@H](C(F)(F)F)[C@H]1CC. The summed E-state index contributed by atoms with van der Waals surface area (Å²) < 4.78 is 128. The van der Waals surface area contributed by atoms with Crippen LogP contribution in [0.25, 0.3) is 0 Å². The van der Waals surface area contributed by atoms with Crippen LogP contribution in [0.3, 0.4) is 0 Å². The summed E-state index contributed by atoms with van der Waals surface area (Å²) in [4.78, 5) is 13.6. The van der Waals surface area contributed by atoms with Gasteiger partial charge in [0.15, 0.2) is 0 Å². The number of fused-ring (bicyclic) bond motifs is 1. The number of anilines is 1. The summed E-state index contributed by atoms with van der Waals surface area (Å²) in [6, 6.07) is 3.48. The highest BCUT2D eigenvalue weighted by Gasteiger charge is 2.55. The van der Waals surface area contributed by atoms with Gasteiger partial charge in [0.1, 0.15) is 0 Å². The number of nitrogens with zero attached hydrogens (tertiary/aromatic N) is 1. The van der Waals surface area contributed by atoms with Crippen molar-refractivity contribution in [2.75, 3.05) is 11.5 Å². The van der Waals surface area contributed by atoms with E-state index in [-0.39, 0.29) is 30.3 Å². The van der Waals surface area contributed by atoms with E-state index < -0.39 is 65.9 Å². The zero-order valence-electron chi connectivity index (χ0n) is 19.6. The van der Waals surface area contributed by atoms with Gasteiger partial charge in [-0.05, 0) is 48.7 Å². The van der Waals surface area contributed by atoms with Gasteiger partial charge >= 0.3 is 24.6 Å². The van der Waals surface area contributed by atoms with E-state index in [1.807, 2.05) is 0 Å². The lowest BCUT2D eigenvalue weighted by Crippen LogP contribution is -2.57. The Morgan fingerprint density at radius 3 is 1.97 bits per heavy atom. The molecule has 1 unspecified atom stereocenters. The minimum atomic E-state index is -5.10. The van der Waals surface area contributed by atoms with Crippen LogP contribution in [0.15, 0.2) is 42.5 Å². The first-order chi connectivity index (χ1) is 17.1. The maximum Gasteiger partial charge on any atom is 0.416 e.